The summed E-state index contributed by atoms with van der Waals surface area (Å²) < 4.78 is 2.43. The van der Waals surface area contributed by atoms with E-state index < -0.39 is 0 Å². The van der Waals surface area contributed by atoms with Gasteiger partial charge >= 0.3 is 0 Å². The summed E-state index contributed by atoms with van der Waals surface area (Å²) in [5.74, 6) is 0.647. The summed E-state index contributed by atoms with van der Waals surface area (Å²) >= 11 is 0. The summed E-state index contributed by atoms with van der Waals surface area (Å²) in [5.41, 5.74) is 2.80. The fourth-order valence-corrected chi connectivity index (χ4v) is 2.81. The highest BCUT2D eigenvalue weighted by atomic mass is 16.3. The molecule has 2 nitrogen and oxygen atoms in total. The minimum absolute atomic E-state index is 0.319. The molecule has 1 atom stereocenters. The van der Waals surface area contributed by atoms with Crippen molar-refractivity contribution in [2.75, 3.05) is 6.61 Å². The zero-order chi connectivity index (χ0) is 11.0. The third kappa shape index (κ3) is 1.54. The van der Waals surface area contributed by atoms with Gasteiger partial charge in [-0.2, -0.15) is 0 Å². The fourth-order valence-electron chi connectivity index (χ4n) is 2.81. The van der Waals surface area contributed by atoms with Crippen LogP contribution in [-0.2, 0) is 13.0 Å². The van der Waals surface area contributed by atoms with Crippen molar-refractivity contribution in [3.63, 3.8) is 0 Å². The van der Waals surface area contributed by atoms with E-state index in [1.165, 1.54) is 23.0 Å². The Morgan fingerprint density at radius 3 is 3.06 bits per heavy atom. The Morgan fingerprint density at radius 1 is 1.31 bits per heavy atom. The Hall–Kier alpha value is -1.28. The highest BCUT2D eigenvalue weighted by molar-refractivity contribution is 5.81. The molecule has 0 spiro atoms. The van der Waals surface area contributed by atoms with E-state index in [1.807, 2.05) is 0 Å². The molecule has 16 heavy (non-hydrogen) atoms. The Bertz CT molecular complexity index is 500. The van der Waals surface area contributed by atoms with E-state index in [4.69, 9.17) is 5.11 Å². The molecule has 3 rings (SSSR count). The number of rotatable bonds is 2. The van der Waals surface area contributed by atoms with Gasteiger partial charge in [-0.3, -0.25) is 0 Å². The van der Waals surface area contributed by atoms with Gasteiger partial charge in [0.05, 0.1) is 0 Å². The number of hydrogen-bond donors (Lipinski definition) is 1. The van der Waals surface area contributed by atoms with Gasteiger partial charge in [-0.25, -0.2) is 0 Å². The van der Waals surface area contributed by atoms with Gasteiger partial charge in [0.25, 0.3) is 0 Å². The molecule has 0 saturated carbocycles. The Labute approximate surface area is 95.5 Å². The van der Waals surface area contributed by atoms with Gasteiger partial charge in [-0.1, -0.05) is 18.2 Å². The maximum absolute atomic E-state index is 9.02. The Balaban J connectivity index is 2.01. The monoisotopic (exact) mass is 215 g/mol. The van der Waals surface area contributed by atoms with E-state index in [9.17, 15) is 0 Å². The van der Waals surface area contributed by atoms with E-state index >= 15 is 0 Å². The molecular weight excluding hydrogens is 198 g/mol. The van der Waals surface area contributed by atoms with Crippen LogP contribution in [0.2, 0.25) is 0 Å². The number of para-hydroxylation sites is 1. The lowest BCUT2D eigenvalue weighted by molar-refractivity contribution is 0.233. The zero-order valence-corrected chi connectivity index (χ0v) is 9.39. The van der Waals surface area contributed by atoms with Crippen LogP contribution in [0.25, 0.3) is 10.9 Å². The second kappa shape index (κ2) is 3.95. The van der Waals surface area contributed by atoms with Gasteiger partial charge in [0.15, 0.2) is 0 Å². The van der Waals surface area contributed by atoms with E-state index in [-0.39, 0.29) is 0 Å². The number of aliphatic hydroxyl groups excluding tert-OH is 1. The predicted molar refractivity (Wildman–Crippen MR) is 65.5 cm³/mol. The topological polar surface area (TPSA) is 25.2 Å². The lowest BCUT2D eigenvalue weighted by Crippen LogP contribution is -2.20. The summed E-state index contributed by atoms with van der Waals surface area (Å²) in [6.07, 6.45) is 3.31. The van der Waals surface area contributed by atoms with Crippen molar-refractivity contribution in [2.24, 2.45) is 5.92 Å². The van der Waals surface area contributed by atoms with Crippen LogP contribution >= 0.6 is 0 Å². The minimum atomic E-state index is 0.319. The first-order valence-corrected chi connectivity index (χ1v) is 6.06. The molecule has 0 aliphatic carbocycles. The summed E-state index contributed by atoms with van der Waals surface area (Å²) in [5, 5.41) is 10.4. The number of fused-ring (bicyclic) bond motifs is 3. The van der Waals surface area contributed by atoms with Gasteiger partial charge in [0.2, 0.25) is 0 Å². The van der Waals surface area contributed by atoms with Crippen LogP contribution in [0.5, 0.6) is 0 Å². The normalized spacial score (nSPS) is 19.9. The number of benzene rings is 1. The van der Waals surface area contributed by atoms with Crippen LogP contribution in [-0.4, -0.2) is 16.3 Å². The van der Waals surface area contributed by atoms with Gasteiger partial charge in [-0.15, -0.1) is 0 Å². The molecule has 1 aliphatic heterocycles. The summed E-state index contributed by atoms with van der Waals surface area (Å²) in [6.45, 7) is 1.39. The number of hydrogen-bond acceptors (Lipinski definition) is 1. The van der Waals surface area contributed by atoms with Crippen molar-refractivity contribution in [1.82, 2.24) is 4.57 Å². The molecule has 0 bridgehead atoms. The van der Waals surface area contributed by atoms with Crippen molar-refractivity contribution in [2.45, 2.75) is 25.8 Å². The Morgan fingerprint density at radius 2 is 2.19 bits per heavy atom. The highest BCUT2D eigenvalue weighted by Crippen LogP contribution is 2.28. The molecular formula is C14H17NO. The Kier molecular flexibility index (Phi) is 2.44. The van der Waals surface area contributed by atoms with Crippen LogP contribution in [0, 0.1) is 5.92 Å². The zero-order valence-electron chi connectivity index (χ0n) is 9.39. The first kappa shape index (κ1) is 9.91. The summed E-state index contributed by atoms with van der Waals surface area (Å²) in [6, 6.07) is 10.9. The van der Waals surface area contributed by atoms with Crippen molar-refractivity contribution < 1.29 is 5.11 Å². The molecule has 0 amide bonds. The third-order valence-electron chi connectivity index (χ3n) is 3.68. The van der Waals surface area contributed by atoms with E-state index in [2.05, 4.69) is 34.9 Å². The van der Waals surface area contributed by atoms with Gasteiger partial charge < -0.3 is 9.67 Å². The maximum Gasteiger partial charge on any atom is 0.0482 e. The minimum Gasteiger partial charge on any atom is -0.396 e. The molecule has 1 aliphatic rings. The fraction of sp³-hybridized carbons (Fsp3) is 0.429. The smallest absolute Gasteiger partial charge is 0.0482 e. The summed E-state index contributed by atoms with van der Waals surface area (Å²) in [7, 11) is 0. The molecule has 2 heteroatoms. The van der Waals surface area contributed by atoms with Gasteiger partial charge in [-0.05, 0) is 42.7 Å². The van der Waals surface area contributed by atoms with Crippen molar-refractivity contribution in [1.29, 1.82) is 0 Å². The molecule has 1 aromatic carbocycles. The molecule has 84 valence electrons. The maximum atomic E-state index is 9.02. The molecule has 1 unspecified atom stereocenters. The third-order valence-corrected chi connectivity index (χ3v) is 3.68. The van der Waals surface area contributed by atoms with Crippen LogP contribution in [0.4, 0.5) is 0 Å². The predicted octanol–water partition coefficient (Wildman–Crippen LogP) is 2.59. The highest BCUT2D eigenvalue weighted by Gasteiger charge is 2.19. The average Bonchev–Trinajstić information content (AvgIpc) is 2.68. The van der Waals surface area contributed by atoms with Crippen LogP contribution in [0.3, 0.4) is 0 Å². The average molecular weight is 215 g/mol. The lowest BCUT2D eigenvalue weighted by Gasteiger charge is -2.24. The number of aryl methyl sites for hydroxylation is 1. The van der Waals surface area contributed by atoms with Crippen LogP contribution in [0.15, 0.2) is 30.3 Å². The van der Waals surface area contributed by atoms with Crippen LogP contribution < -0.4 is 0 Å². The second-order valence-electron chi connectivity index (χ2n) is 4.72. The molecule has 1 N–H and O–H groups in total. The second-order valence-corrected chi connectivity index (χ2v) is 4.72. The largest absolute Gasteiger partial charge is 0.396 e. The first-order valence-electron chi connectivity index (χ1n) is 6.06. The number of aliphatic hydroxyl groups is 1. The molecule has 2 heterocycles. The summed E-state index contributed by atoms with van der Waals surface area (Å²) in [4.78, 5) is 0. The molecule has 0 saturated heterocycles. The quantitative estimate of drug-likeness (QED) is 0.818. The SMILES string of the molecule is OCCC1CCc2cc3ccccc3n2C1. The van der Waals surface area contributed by atoms with Crippen molar-refractivity contribution in [3.05, 3.63) is 36.0 Å². The first-order chi connectivity index (χ1) is 7.88. The van der Waals surface area contributed by atoms with E-state index in [0.29, 0.717) is 12.5 Å². The molecule has 2 aromatic rings. The molecule has 0 fully saturated rings. The van der Waals surface area contributed by atoms with Crippen LogP contribution in [0.1, 0.15) is 18.5 Å². The molecule has 0 radical (unpaired) electrons. The van der Waals surface area contributed by atoms with E-state index in [0.717, 1.165) is 19.4 Å². The van der Waals surface area contributed by atoms with Crippen molar-refractivity contribution in [3.8, 4) is 0 Å². The molecule has 1 aromatic heterocycles. The standard InChI is InChI=1S/C14H17NO/c16-8-7-11-5-6-13-9-12-3-1-2-4-14(12)15(13)10-11/h1-4,9,11,16H,5-8,10H2. The van der Waals surface area contributed by atoms with E-state index in [1.54, 1.807) is 0 Å². The lowest BCUT2D eigenvalue weighted by atomic mass is 9.95. The number of aromatic nitrogens is 1. The van der Waals surface area contributed by atoms with Crippen molar-refractivity contribution >= 4 is 10.9 Å². The number of nitrogens with zero attached hydrogens (tertiary/aromatic N) is 1. The van der Waals surface area contributed by atoms with Gasteiger partial charge in [0, 0.05) is 24.4 Å². The van der Waals surface area contributed by atoms with Gasteiger partial charge in [0.1, 0.15) is 0 Å².